The van der Waals surface area contributed by atoms with Gasteiger partial charge in [0.1, 0.15) is 11.5 Å². The second kappa shape index (κ2) is 8.63. The van der Waals surface area contributed by atoms with E-state index in [-0.39, 0.29) is 11.8 Å². The summed E-state index contributed by atoms with van der Waals surface area (Å²) in [5.41, 5.74) is 1.05. The summed E-state index contributed by atoms with van der Waals surface area (Å²) in [6.45, 7) is 1.37. The summed E-state index contributed by atoms with van der Waals surface area (Å²) >= 11 is 3.34. The number of hydrogen-bond acceptors (Lipinski definition) is 5. The molecule has 2 aromatic carbocycles. The van der Waals surface area contributed by atoms with E-state index in [0.29, 0.717) is 11.4 Å². The molecule has 7 heteroatoms. The lowest BCUT2D eigenvalue weighted by Gasteiger charge is -2.26. The summed E-state index contributed by atoms with van der Waals surface area (Å²) in [5, 5.41) is 0. The van der Waals surface area contributed by atoms with Crippen molar-refractivity contribution in [3.05, 3.63) is 52.5 Å². The third kappa shape index (κ3) is 4.65. The summed E-state index contributed by atoms with van der Waals surface area (Å²) in [6.07, 6.45) is 2.01. The van der Waals surface area contributed by atoms with E-state index in [1.165, 1.54) is 0 Å². The normalized spacial score (nSPS) is 17.8. The number of benzene rings is 2. The molecule has 1 unspecified atom stereocenters. The molecule has 0 aromatic heterocycles. The predicted octanol–water partition coefficient (Wildman–Crippen LogP) is 4.08. The summed E-state index contributed by atoms with van der Waals surface area (Å²) < 4.78 is 37.1. The van der Waals surface area contributed by atoms with Crippen LogP contribution in [0, 0.1) is 0 Å². The van der Waals surface area contributed by atoms with Crippen LogP contribution < -0.4 is 9.47 Å². The third-order valence-electron chi connectivity index (χ3n) is 4.98. The minimum absolute atomic E-state index is 0.0947. The van der Waals surface area contributed by atoms with Crippen LogP contribution >= 0.6 is 15.9 Å². The minimum Gasteiger partial charge on any atom is -0.497 e. The van der Waals surface area contributed by atoms with Crippen LogP contribution in [-0.2, 0) is 9.84 Å². The van der Waals surface area contributed by atoms with Crippen LogP contribution in [0.2, 0.25) is 0 Å². The van der Waals surface area contributed by atoms with Crippen molar-refractivity contribution in [1.29, 1.82) is 0 Å². The lowest BCUT2D eigenvalue weighted by Crippen LogP contribution is -2.29. The predicted molar refractivity (Wildman–Crippen MR) is 109 cm³/mol. The van der Waals surface area contributed by atoms with Gasteiger partial charge in [0, 0.05) is 22.6 Å². The first kappa shape index (κ1) is 20.2. The van der Waals surface area contributed by atoms with Crippen LogP contribution in [0.25, 0.3) is 0 Å². The molecule has 146 valence electrons. The molecule has 0 aliphatic carbocycles. The van der Waals surface area contributed by atoms with Gasteiger partial charge in [-0.2, -0.15) is 0 Å². The lowest BCUT2D eigenvalue weighted by molar-refractivity contribution is 0.264. The Bertz CT molecular complexity index is 883. The maximum absolute atomic E-state index is 12.7. The van der Waals surface area contributed by atoms with Crippen molar-refractivity contribution in [1.82, 2.24) is 4.90 Å². The van der Waals surface area contributed by atoms with Gasteiger partial charge in [0.15, 0.2) is 9.84 Å². The Morgan fingerprint density at radius 1 is 1.11 bits per heavy atom. The molecule has 0 N–H and O–H groups in total. The van der Waals surface area contributed by atoms with Crippen molar-refractivity contribution < 1.29 is 17.9 Å². The second-order valence-corrected chi connectivity index (χ2v) is 9.60. The van der Waals surface area contributed by atoms with Gasteiger partial charge in [-0.25, -0.2) is 8.42 Å². The van der Waals surface area contributed by atoms with Gasteiger partial charge in [-0.1, -0.05) is 15.9 Å². The molecule has 0 bridgehead atoms. The second-order valence-electron chi connectivity index (χ2n) is 6.57. The van der Waals surface area contributed by atoms with Crippen molar-refractivity contribution in [2.24, 2.45) is 0 Å². The molecule has 3 rings (SSSR count). The van der Waals surface area contributed by atoms with Gasteiger partial charge >= 0.3 is 0 Å². The van der Waals surface area contributed by atoms with E-state index in [1.807, 2.05) is 18.2 Å². The molecule has 5 nitrogen and oxygen atoms in total. The first-order valence-corrected chi connectivity index (χ1v) is 11.3. The Morgan fingerprint density at radius 2 is 1.85 bits per heavy atom. The number of likely N-dealkylation sites (tertiary alicyclic amines) is 1. The fourth-order valence-corrected chi connectivity index (χ4v) is 5.07. The van der Waals surface area contributed by atoms with Gasteiger partial charge < -0.3 is 9.47 Å². The summed E-state index contributed by atoms with van der Waals surface area (Å²) in [4.78, 5) is 2.59. The highest BCUT2D eigenvalue weighted by Gasteiger charge is 2.30. The summed E-state index contributed by atoms with van der Waals surface area (Å²) in [6, 6.07) is 12.7. The van der Waals surface area contributed by atoms with Crippen LogP contribution in [0.15, 0.2) is 51.8 Å². The van der Waals surface area contributed by atoms with Crippen LogP contribution in [0.5, 0.6) is 11.5 Å². The Kier molecular flexibility index (Phi) is 6.44. The average Bonchev–Trinajstić information content (AvgIpc) is 3.14. The van der Waals surface area contributed by atoms with E-state index in [4.69, 9.17) is 9.47 Å². The number of rotatable bonds is 7. The fourth-order valence-electron chi connectivity index (χ4n) is 3.54. The molecular weight excluding hydrogens is 430 g/mol. The SMILES string of the molecule is COc1ccc(OC)c(C2CCCN2CCS(=O)(=O)c2ccc(Br)cc2)c1. The average molecular weight is 454 g/mol. The highest BCUT2D eigenvalue weighted by atomic mass is 79.9. The van der Waals surface area contributed by atoms with Crippen molar-refractivity contribution in [3.63, 3.8) is 0 Å². The molecule has 2 aromatic rings. The Balaban J connectivity index is 1.76. The molecule has 1 atom stereocenters. The monoisotopic (exact) mass is 453 g/mol. The van der Waals surface area contributed by atoms with Gasteiger partial charge in [0.05, 0.1) is 24.9 Å². The van der Waals surface area contributed by atoms with Crippen molar-refractivity contribution >= 4 is 25.8 Å². The molecule has 0 saturated carbocycles. The maximum Gasteiger partial charge on any atom is 0.179 e. The third-order valence-corrected chi connectivity index (χ3v) is 7.22. The van der Waals surface area contributed by atoms with Crippen molar-refractivity contribution in [2.45, 2.75) is 23.8 Å². The first-order valence-electron chi connectivity index (χ1n) is 8.89. The number of ether oxygens (including phenoxy) is 2. The Morgan fingerprint density at radius 3 is 2.52 bits per heavy atom. The van der Waals surface area contributed by atoms with Crippen LogP contribution in [0.3, 0.4) is 0 Å². The molecule has 1 aliphatic rings. The smallest absolute Gasteiger partial charge is 0.179 e. The largest absolute Gasteiger partial charge is 0.497 e. The Labute approximate surface area is 169 Å². The minimum atomic E-state index is -3.32. The van der Waals surface area contributed by atoms with E-state index in [0.717, 1.165) is 40.9 Å². The molecule has 0 radical (unpaired) electrons. The van der Waals surface area contributed by atoms with Gasteiger partial charge in [-0.15, -0.1) is 0 Å². The fraction of sp³-hybridized carbons (Fsp3) is 0.400. The van der Waals surface area contributed by atoms with Crippen LogP contribution in [0.1, 0.15) is 24.4 Å². The Hall–Kier alpha value is -1.57. The molecule has 1 fully saturated rings. The number of nitrogens with zero attached hydrogens (tertiary/aromatic N) is 1. The first-order chi connectivity index (χ1) is 12.9. The number of methoxy groups -OCH3 is 2. The van der Waals surface area contributed by atoms with E-state index in [2.05, 4.69) is 20.8 Å². The molecule has 1 heterocycles. The van der Waals surface area contributed by atoms with Gasteiger partial charge in [-0.3, -0.25) is 4.90 Å². The topological polar surface area (TPSA) is 55.8 Å². The van der Waals surface area contributed by atoms with E-state index >= 15 is 0 Å². The van der Waals surface area contributed by atoms with E-state index in [1.54, 1.807) is 38.5 Å². The zero-order valence-corrected chi connectivity index (χ0v) is 17.9. The highest BCUT2D eigenvalue weighted by molar-refractivity contribution is 9.10. The molecule has 1 aliphatic heterocycles. The summed E-state index contributed by atoms with van der Waals surface area (Å²) in [7, 11) is -0.0201. The van der Waals surface area contributed by atoms with Crippen LogP contribution in [-0.4, -0.2) is 46.4 Å². The zero-order valence-electron chi connectivity index (χ0n) is 15.5. The van der Waals surface area contributed by atoms with Gasteiger partial charge in [0.2, 0.25) is 0 Å². The van der Waals surface area contributed by atoms with Crippen molar-refractivity contribution in [2.75, 3.05) is 33.1 Å². The van der Waals surface area contributed by atoms with Crippen molar-refractivity contribution in [3.8, 4) is 11.5 Å². The van der Waals surface area contributed by atoms with Gasteiger partial charge in [0.25, 0.3) is 0 Å². The molecule has 0 spiro atoms. The number of sulfone groups is 1. The molecular formula is C20H24BrNO4S. The molecule has 1 saturated heterocycles. The van der Waals surface area contributed by atoms with Gasteiger partial charge in [-0.05, 0) is 61.9 Å². The summed E-state index contributed by atoms with van der Waals surface area (Å²) in [5.74, 6) is 1.68. The highest BCUT2D eigenvalue weighted by Crippen LogP contribution is 2.38. The number of hydrogen-bond donors (Lipinski definition) is 0. The van der Waals surface area contributed by atoms with E-state index in [9.17, 15) is 8.42 Å². The quantitative estimate of drug-likeness (QED) is 0.631. The standard InChI is InChI=1S/C20H24BrNO4S/c1-25-16-7-10-20(26-2)18(14-16)19-4-3-11-22(19)12-13-27(23,24)17-8-5-15(21)6-9-17/h5-10,14,19H,3-4,11-13H2,1-2H3. The van der Waals surface area contributed by atoms with Crippen LogP contribution in [0.4, 0.5) is 0 Å². The molecule has 27 heavy (non-hydrogen) atoms. The zero-order chi connectivity index (χ0) is 19.4. The maximum atomic E-state index is 12.7. The lowest BCUT2D eigenvalue weighted by atomic mass is 10.0. The number of halogens is 1. The van der Waals surface area contributed by atoms with E-state index < -0.39 is 9.84 Å². The molecule has 0 amide bonds.